The molecule has 0 aliphatic heterocycles. The van der Waals surface area contributed by atoms with E-state index in [-0.39, 0.29) is 17.2 Å². The topological polar surface area (TPSA) is 64.0 Å². The number of amides is 1. The van der Waals surface area contributed by atoms with Crippen LogP contribution >= 0.6 is 23.1 Å². The monoisotopic (exact) mass is 511 g/mol. The Balaban J connectivity index is 1.55. The maximum atomic E-state index is 13.7. The Morgan fingerprint density at radius 2 is 2.03 bits per heavy atom. The van der Waals surface area contributed by atoms with Gasteiger partial charge in [-0.05, 0) is 61.8 Å². The first kappa shape index (κ1) is 26.0. The number of aryl methyl sites for hydroxylation is 2. The molecule has 1 amide bonds. The molecular formula is C28H37N3O2S2. The van der Waals surface area contributed by atoms with E-state index in [1.807, 2.05) is 35.8 Å². The summed E-state index contributed by atoms with van der Waals surface area (Å²) in [5.41, 5.74) is 3.21. The molecule has 0 saturated heterocycles. The second kappa shape index (κ2) is 12.2. The van der Waals surface area contributed by atoms with Gasteiger partial charge in [-0.25, -0.2) is 4.98 Å². The molecule has 0 spiro atoms. The Labute approximate surface area is 216 Å². The van der Waals surface area contributed by atoms with E-state index in [1.165, 1.54) is 47.9 Å². The van der Waals surface area contributed by atoms with Crippen LogP contribution in [0.5, 0.6) is 0 Å². The number of aromatic nitrogens is 2. The second-order valence-corrected chi connectivity index (χ2v) is 11.9. The summed E-state index contributed by atoms with van der Waals surface area (Å²) in [7, 11) is 0. The SMILES string of the molecule is CCCCCCCCn1c(SCC(=O)Nc2cccc(C)c2)nc2sc3c(c2c1=O)CCC(C)C3. The van der Waals surface area contributed by atoms with Crippen LogP contribution < -0.4 is 10.9 Å². The smallest absolute Gasteiger partial charge is 0.263 e. The molecule has 2 heterocycles. The molecule has 1 N–H and O–H groups in total. The highest BCUT2D eigenvalue weighted by molar-refractivity contribution is 7.99. The van der Waals surface area contributed by atoms with Crippen LogP contribution in [0.4, 0.5) is 5.69 Å². The summed E-state index contributed by atoms with van der Waals surface area (Å²) < 4.78 is 1.85. The Bertz CT molecular complexity index is 1230. The minimum Gasteiger partial charge on any atom is -0.325 e. The Hall–Kier alpha value is -2.12. The molecule has 1 atom stereocenters. The highest BCUT2D eigenvalue weighted by atomic mass is 32.2. The predicted octanol–water partition coefficient (Wildman–Crippen LogP) is 6.98. The van der Waals surface area contributed by atoms with Crippen molar-refractivity contribution in [3.63, 3.8) is 0 Å². The van der Waals surface area contributed by atoms with Gasteiger partial charge in [0.25, 0.3) is 5.56 Å². The largest absolute Gasteiger partial charge is 0.325 e. The number of nitrogens with one attached hydrogen (secondary N) is 1. The fraction of sp³-hybridized carbons (Fsp3) is 0.536. The molecule has 7 heteroatoms. The van der Waals surface area contributed by atoms with Gasteiger partial charge in [-0.15, -0.1) is 11.3 Å². The Kier molecular flexibility index (Phi) is 9.06. The summed E-state index contributed by atoms with van der Waals surface area (Å²) in [5.74, 6) is 0.797. The molecule has 0 bridgehead atoms. The molecule has 35 heavy (non-hydrogen) atoms. The first-order chi connectivity index (χ1) is 17.0. The van der Waals surface area contributed by atoms with Crippen LogP contribution in [-0.2, 0) is 24.2 Å². The van der Waals surface area contributed by atoms with Crippen LogP contribution in [0, 0.1) is 12.8 Å². The quantitative estimate of drug-likeness (QED) is 0.171. The van der Waals surface area contributed by atoms with Gasteiger partial charge >= 0.3 is 0 Å². The van der Waals surface area contributed by atoms with Crippen LogP contribution in [-0.4, -0.2) is 21.2 Å². The van der Waals surface area contributed by atoms with Crippen molar-refractivity contribution >= 4 is 44.9 Å². The average molecular weight is 512 g/mol. The minimum atomic E-state index is -0.0830. The van der Waals surface area contributed by atoms with E-state index in [9.17, 15) is 9.59 Å². The van der Waals surface area contributed by atoms with Gasteiger partial charge in [-0.2, -0.15) is 0 Å². The first-order valence-corrected chi connectivity index (χ1v) is 14.8. The zero-order chi connectivity index (χ0) is 24.8. The predicted molar refractivity (Wildman–Crippen MR) is 149 cm³/mol. The highest BCUT2D eigenvalue weighted by Gasteiger charge is 2.25. The lowest BCUT2D eigenvalue weighted by Crippen LogP contribution is -2.25. The van der Waals surface area contributed by atoms with E-state index in [0.717, 1.165) is 53.6 Å². The van der Waals surface area contributed by atoms with Crippen molar-refractivity contribution in [3.8, 4) is 0 Å². The molecular weight excluding hydrogens is 474 g/mol. The second-order valence-electron chi connectivity index (χ2n) is 9.86. The fourth-order valence-corrected chi connectivity index (χ4v) is 7.06. The molecule has 1 aliphatic carbocycles. The van der Waals surface area contributed by atoms with Crippen molar-refractivity contribution in [1.82, 2.24) is 9.55 Å². The number of hydrogen-bond donors (Lipinski definition) is 1. The van der Waals surface area contributed by atoms with Crippen LogP contribution in [0.3, 0.4) is 0 Å². The van der Waals surface area contributed by atoms with E-state index < -0.39 is 0 Å². The number of rotatable bonds is 11. The third-order valence-corrected chi connectivity index (χ3v) is 8.87. The zero-order valence-corrected chi connectivity index (χ0v) is 22.8. The van der Waals surface area contributed by atoms with E-state index in [2.05, 4.69) is 19.2 Å². The van der Waals surface area contributed by atoms with Gasteiger partial charge < -0.3 is 5.32 Å². The maximum absolute atomic E-state index is 13.7. The van der Waals surface area contributed by atoms with Crippen LogP contribution in [0.15, 0.2) is 34.2 Å². The standard InChI is InChI=1S/C28H37N3O2S2/c1-4-5-6-7-8-9-15-31-27(33)25-22-14-13-20(3)17-23(22)35-26(25)30-28(31)34-18-24(32)29-21-12-10-11-19(2)16-21/h10-12,16,20H,4-9,13-15,17-18H2,1-3H3,(H,29,32). The number of nitrogens with zero attached hydrogens (tertiary/aromatic N) is 2. The van der Waals surface area contributed by atoms with Crippen LogP contribution in [0.25, 0.3) is 10.2 Å². The first-order valence-electron chi connectivity index (χ1n) is 13.0. The molecule has 188 valence electrons. The van der Waals surface area contributed by atoms with E-state index in [1.54, 1.807) is 11.3 Å². The molecule has 1 unspecified atom stereocenters. The number of fused-ring (bicyclic) bond motifs is 3. The number of thiophene rings is 1. The molecule has 2 aromatic heterocycles. The van der Waals surface area contributed by atoms with Crippen LogP contribution in [0.2, 0.25) is 0 Å². The summed E-state index contributed by atoms with van der Waals surface area (Å²) in [5, 5.41) is 4.47. The normalized spacial score (nSPS) is 15.3. The van der Waals surface area contributed by atoms with Gasteiger partial charge in [0.15, 0.2) is 5.16 Å². The Morgan fingerprint density at radius 1 is 1.23 bits per heavy atom. The Morgan fingerprint density at radius 3 is 2.83 bits per heavy atom. The summed E-state index contributed by atoms with van der Waals surface area (Å²) in [6.45, 7) is 7.18. The van der Waals surface area contributed by atoms with Crippen molar-refractivity contribution in [2.24, 2.45) is 5.92 Å². The number of carbonyl (C=O) groups excluding carboxylic acids is 1. The van der Waals surface area contributed by atoms with Gasteiger partial charge in [0.1, 0.15) is 4.83 Å². The van der Waals surface area contributed by atoms with E-state index in [4.69, 9.17) is 4.98 Å². The van der Waals surface area contributed by atoms with Gasteiger partial charge in [0.05, 0.1) is 11.1 Å². The molecule has 4 rings (SSSR count). The van der Waals surface area contributed by atoms with Crippen molar-refractivity contribution in [3.05, 3.63) is 50.6 Å². The molecule has 0 radical (unpaired) electrons. The number of unbranched alkanes of at least 4 members (excludes halogenated alkanes) is 5. The number of hydrogen-bond acceptors (Lipinski definition) is 5. The van der Waals surface area contributed by atoms with Gasteiger partial charge in [-0.1, -0.05) is 69.8 Å². The maximum Gasteiger partial charge on any atom is 0.263 e. The highest BCUT2D eigenvalue weighted by Crippen LogP contribution is 2.36. The van der Waals surface area contributed by atoms with Crippen molar-refractivity contribution in [2.75, 3.05) is 11.1 Å². The van der Waals surface area contributed by atoms with E-state index in [0.29, 0.717) is 17.6 Å². The fourth-order valence-electron chi connectivity index (χ4n) is 4.81. The lowest BCUT2D eigenvalue weighted by molar-refractivity contribution is -0.113. The van der Waals surface area contributed by atoms with Crippen molar-refractivity contribution < 1.29 is 4.79 Å². The molecule has 1 aliphatic rings. The van der Waals surface area contributed by atoms with Gasteiger partial charge in [0, 0.05) is 17.1 Å². The molecule has 3 aromatic rings. The van der Waals surface area contributed by atoms with E-state index >= 15 is 0 Å². The number of benzene rings is 1. The minimum absolute atomic E-state index is 0.0807. The third kappa shape index (κ3) is 6.56. The molecule has 0 fully saturated rings. The summed E-state index contributed by atoms with van der Waals surface area (Å²) in [6, 6.07) is 7.79. The molecule has 5 nitrogen and oxygen atoms in total. The van der Waals surface area contributed by atoms with Crippen molar-refractivity contribution in [2.45, 2.75) is 90.3 Å². The lowest BCUT2D eigenvalue weighted by Gasteiger charge is -2.17. The van der Waals surface area contributed by atoms with Gasteiger partial charge in [0.2, 0.25) is 5.91 Å². The zero-order valence-electron chi connectivity index (χ0n) is 21.2. The summed E-state index contributed by atoms with van der Waals surface area (Å²) >= 11 is 3.05. The number of anilines is 1. The summed E-state index contributed by atoms with van der Waals surface area (Å²) in [4.78, 5) is 33.5. The van der Waals surface area contributed by atoms with Crippen LogP contribution in [0.1, 0.15) is 74.8 Å². The molecule has 1 aromatic carbocycles. The lowest BCUT2D eigenvalue weighted by atomic mass is 9.89. The molecule has 0 saturated carbocycles. The van der Waals surface area contributed by atoms with Gasteiger partial charge in [-0.3, -0.25) is 14.2 Å². The van der Waals surface area contributed by atoms with Crippen molar-refractivity contribution in [1.29, 1.82) is 0 Å². The number of carbonyl (C=O) groups is 1. The summed E-state index contributed by atoms with van der Waals surface area (Å²) in [6.07, 6.45) is 10.2. The average Bonchev–Trinajstić information content (AvgIpc) is 3.18. The number of thioether (sulfide) groups is 1. The third-order valence-electron chi connectivity index (χ3n) is 6.75.